The molecule has 0 fully saturated rings. The van der Waals surface area contributed by atoms with Crippen molar-refractivity contribution in [2.45, 2.75) is 19.2 Å². The smallest absolute Gasteiger partial charge is 0.218 e. The van der Waals surface area contributed by atoms with Gasteiger partial charge in [-0.25, -0.2) is 12.7 Å². The zero-order valence-electron chi connectivity index (χ0n) is 12.4. The third-order valence-electron chi connectivity index (χ3n) is 3.04. The summed E-state index contributed by atoms with van der Waals surface area (Å²) in [6.45, 7) is 4.36. The van der Waals surface area contributed by atoms with Crippen molar-refractivity contribution in [1.29, 1.82) is 0 Å². The van der Waals surface area contributed by atoms with E-state index < -0.39 is 10.0 Å². The first-order valence-electron chi connectivity index (χ1n) is 6.71. The molecule has 1 N–H and O–H groups in total. The van der Waals surface area contributed by atoms with E-state index in [9.17, 15) is 8.42 Å². The molecule has 114 valence electrons. The average Bonchev–Trinajstić information content (AvgIpc) is 2.43. The average molecular weight is 316 g/mol. The zero-order chi connectivity index (χ0) is 15.0. The summed E-state index contributed by atoms with van der Waals surface area (Å²) in [5.74, 6) is 0.886. The molecular weight excluding hydrogens is 292 g/mol. The third-order valence-corrected chi connectivity index (χ3v) is 5.46. The normalized spacial score (nSPS) is 12.0. The molecule has 0 heterocycles. The molecule has 0 atom stereocenters. The van der Waals surface area contributed by atoms with Crippen LogP contribution in [0, 0.1) is 0 Å². The van der Waals surface area contributed by atoms with E-state index in [0.29, 0.717) is 6.54 Å². The van der Waals surface area contributed by atoms with Crippen LogP contribution in [0.25, 0.3) is 0 Å². The Balaban J connectivity index is 2.63. The summed E-state index contributed by atoms with van der Waals surface area (Å²) >= 11 is 1.65. The molecule has 20 heavy (non-hydrogen) atoms. The van der Waals surface area contributed by atoms with E-state index in [2.05, 4.69) is 12.2 Å². The Morgan fingerprint density at radius 3 is 2.35 bits per heavy atom. The van der Waals surface area contributed by atoms with Gasteiger partial charge in [0.25, 0.3) is 0 Å². The number of rotatable bonds is 9. The van der Waals surface area contributed by atoms with Gasteiger partial charge in [-0.2, -0.15) is 11.8 Å². The van der Waals surface area contributed by atoms with E-state index >= 15 is 0 Å². The molecule has 0 saturated carbocycles. The Labute approximate surface area is 127 Å². The van der Waals surface area contributed by atoms with Crippen LogP contribution in [0.15, 0.2) is 24.3 Å². The van der Waals surface area contributed by atoms with Crippen molar-refractivity contribution < 1.29 is 8.42 Å². The summed E-state index contributed by atoms with van der Waals surface area (Å²) in [6.07, 6.45) is 1.98. The molecule has 0 amide bonds. The number of nitrogens with zero attached hydrogens (tertiary/aromatic N) is 1. The maximum absolute atomic E-state index is 12.2. The molecule has 1 aromatic carbocycles. The molecule has 0 aromatic heterocycles. The van der Waals surface area contributed by atoms with Crippen molar-refractivity contribution in [3.8, 4) is 0 Å². The van der Waals surface area contributed by atoms with Gasteiger partial charge in [0.05, 0.1) is 5.75 Å². The lowest BCUT2D eigenvalue weighted by molar-refractivity contribution is 0.487. The predicted octanol–water partition coefficient (Wildman–Crippen LogP) is 1.92. The summed E-state index contributed by atoms with van der Waals surface area (Å²) in [4.78, 5) is 0. The summed E-state index contributed by atoms with van der Waals surface area (Å²) < 4.78 is 25.8. The lowest BCUT2D eigenvalue weighted by Crippen LogP contribution is -2.30. The maximum atomic E-state index is 12.2. The predicted molar refractivity (Wildman–Crippen MR) is 87.5 cm³/mol. The standard InChI is InChI=1S/C14H24N2O2S2/c1-4-15-11-13-5-7-14(8-6-13)12-20(17,18)16(2)9-10-19-3/h5-8,15H,4,9-12H2,1-3H3. The summed E-state index contributed by atoms with van der Waals surface area (Å²) in [5.41, 5.74) is 2.00. The van der Waals surface area contributed by atoms with Gasteiger partial charge < -0.3 is 5.32 Å². The van der Waals surface area contributed by atoms with Crippen LogP contribution in [0.4, 0.5) is 0 Å². The number of sulfonamides is 1. The molecule has 0 unspecified atom stereocenters. The lowest BCUT2D eigenvalue weighted by atomic mass is 10.1. The highest BCUT2D eigenvalue weighted by Gasteiger charge is 2.17. The quantitative estimate of drug-likeness (QED) is 0.756. The minimum atomic E-state index is -3.21. The Bertz CT molecular complexity index is 486. The number of hydrogen-bond donors (Lipinski definition) is 1. The maximum Gasteiger partial charge on any atom is 0.218 e. The highest BCUT2D eigenvalue weighted by Crippen LogP contribution is 2.11. The fraction of sp³-hybridized carbons (Fsp3) is 0.571. The van der Waals surface area contributed by atoms with E-state index in [1.54, 1.807) is 18.8 Å². The van der Waals surface area contributed by atoms with Crippen LogP contribution in [-0.4, -0.2) is 44.9 Å². The molecule has 0 aliphatic heterocycles. The van der Waals surface area contributed by atoms with Gasteiger partial charge in [-0.05, 0) is 23.9 Å². The zero-order valence-corrected chi connectivity index (χ0v) is 14.1. The summed E-state index contributed by atoms with van der Waals surface area (Å²) in [6, 6.07) is 7.75. The van der Waals surface area contributed by atoms with Crippen LogP contribution in [0.1, 0.15) is 18.1 Å². The van der Waals surface area contributed by atoms with Crippen LogP contribution < -0.4 is 5.32 Å². The first-order chi connectivity index (χ1) is 9.49. The van der Waals surface area contributed by atoms with Crippen LogP contribution in [0.3, 0.4) is 0 Å². The summed E-state index contributed by atoms with van der Waals surface area (Å²) in [7, 11) is -1.57. The van der Waals surface area contributed by atoms with Crippen molar-refractivity contribution in [2.24, 2.45) is 0 Å². The second-order valence-electron chi connectivity index (χ2n) is 4.67. The van der Waals surface area contributed by atoms with Gasteiger partial charge in [0.2, 0.25) is 10.0 Å². The molecule has 0 spiro atoms. The van der Waals surface area contributed by atoms with E-state index in [0.717, 1.165) is 24.4 Å². The van der Waals surface area contributed by atoms with Crippen molar-refractivity contribution in [1.82, 2.24) is 9.62 Å². The fourth-order valence-corrected chi connectivity index (χ4v) is 3.48. The molecule has 0 aliphatic rings. The molecule has 0 bridgehead atoms. The second-order valence-corrected chi connectivity index (χ2v) is 7.73. The fourth-order valence-electron chi connectivity index (χ4n) is 1.70. The largest absolute Gasteiger partial charge is 0.313 e. The molecule has 0 aliphatic carbocycles. The van der Waals surface area contributed by atoms with E-state index in [1.807, 2.05) is 30.5 Å². The van der Waals surface area contributed by atoms with Crippen LogP contribution >= 0.6 is 11.8 Å². The van der Waals surface area contributed by atoms with Gasteiger partial charge in [-0.1, -0.05) is 31.2 Å². The number of hydrogen-bond acceptors (Lipinski definition) is 4. The number of nitrogens with one attached hydrogen (secondary N) is 1. The molecule has 1 aromatic rings. The minimum Gasteiger partial charge on any atom is -0.313 e. The Kier molecular flexibility index (Phi) is 7.58. The van der Waals surface area contributed by atoms with Gasteiger partial charge in [0.1, 0.15) is 0 Å². The van der Waals surface area contributed by atoms with Crippen molar-refractivity contribution >= 4 is 21.8 Å². The van der Waals surface area contributed by atoms with Crippen LogP contribution in [0.5, 0.6) is 0 Å². The van der Waals surface area contributed by atoms with Crippen molar-refractivity contribution in [2.75, 3.05) is 32.1 Å². The SMILES string of the molecule is CCNCc1ccc(CS(=O)(=O)N(C)CCSC)cc1. The van der Waals surface area contributed by atoms with Gasteiger partial charge in [0.15, 0.2) is 0 Å². The van der Waals surface area contributed by atoms with Gasteiger partial charge in [0, 0.05) is 25.9 Å². The first kappa shape index (κ1) is 17.5. The van der Waals surface area contributed by atoms with Gasteiger partial charge in [-0.3, -0.25) is 0 Å². The highest BCUT2D eigenvalue weighted by molar-refractivity contribution is 7.98. The van der Waals surface area contributed by atoms with E-state index in [-0.39, 0.29) is 5.75 Å². The molecule has 6 heteroatoms. The monoisotopic (exact) mass is 316 g/mol. The van der Waals surface area contributed by atoms with E-state index in [1.165, 1.54) is 9.87 Å². The number of thioether (sulfide) groups is 1. The molecule has 0 radical (unpaired) electrons. The highest BCUT2D eigenvalue weighted by atomic mass is 32.2. The van der Waals surface area contributed by atoms with Crippen LogP contribution in [-0.2, 0) is 22.3 Å². The molecule has 1 rings (SSSR count). The van der Waals surface area contributed by atoms with Crippen LogP contribution in [0.2, 0.25) is 0 Å². The summed E-state index contributed by atoms with van der Waals surface area (Å²) in [5, 5.41) is 3.24. The van der Waals surface area contributed by atoms with Crippen molar-refractivity contribution in [3.63, 3.8) is 0 Å². The topological polar surface area (TPSA) is 49.4 Å². The molecule has 0 saturated heterocycles. The number of benzene rings is 1. The lowest BCUT2D eigenvalue weighted by Gasteiger charge is -2.16. The second kappa shape index (κ2) is 8.67. The Morgan fingerprint density at radius 1 is 1.20 bits per heavy atom. The third kappa shape index (κ3) is 5.83. The van der Waals surface area contributed by atoms with Gasteiger partial charge >= 0.3 is 0 Å². The Morgan fingerprint density at radius 2 is 1.80 bits per heavy atom. The van der Waals surface area contributed by atoms with Crippen molar-refractivity contribution in [3.05, 3.63) is 35.4 Å². The minimum absolute atomic E-state index is 0.0688. The van der Waals surface area contributed by atoms with Gasteiger partial charge in [-0.15, -0.1) is 0 Å². The molecular formula is C14H24N2O2S2. The first-order valence-corrected chi connectivity index (χ1v) is 9.71. The Hall–Kier alpha value is -0.560. The molecule has 4 nitrogen and oxygen atoms in total. The van der Waals surface area contributed by atoms with E-state index in [4.69, 9.17) is 0 Å².